The molecule has 1 aliphatic carbocycles. The topological polar surface area (TPSA) is 9.23 Å². The van der Waals surface area contributed by atoms with Crippen LogP contribution in [0.1, 0.15) is 77.7 Å². The lowest BCUT2D eigenvalue weighted by Crippen LogP contribution is -2.14. The maximum atomic E-state index is 5.67. The quantitative estimate of drug-likeness (QED) is 0.452. The van der Waals surface area contributed by atoms with Crippen LogP contribution in [-0.4, -0.2) is 6.61 Å². The Morgan fingerprint density at radius 3 is 2.48 bits per heavy atom. The molecule has 0 fully saturated rings. The zero-order valence-electron chi connectivity index (χ0n) is 15.3. The molecule has 0 heterocycles. The van der Waals surface area contributed by atoms with E-state index in [1.165, 1.54) is 56.1 Å². The smallest absolute Gasteiger partial charge is 0.119 e. The summed E-state index contributed by atoms with van der Waals surface area (Å²) in [6.07, 6.45) is 12.9. The van der Waals surface area contributed by atoms with Crippen molar-refractivity contribution in [2.75, 3.05) is 6.61 Å². The third-order valence-corrected chi connectivity index (χ3v) is 5.22. The third kappa shape index (κ3) is 5.71. The number of unbranched alkanes of at least 4 members (excludes halogenated alkanes) is 2. The van der Waals surface area contributed by atoms with Crippen LogP contribution in [0, 0.1) is 11.8 Å². The average molecular weight is 315 g/mol. The van der Waals surface area contributed by atoms with E-state index < -0.39 is 0 Å². The molecule has 23 heavy (non-hydrogen) atoms. The highest BCUT2D eigenvalue weighted by Gasteiger charge is 2.20. The van der Waals surface area contributed by atoms with Crippen LogP contribution in [0.3, 0.4) is 0 Å². The number of rotatable bonds is 9. The Morgan fingerprint density at radius 2 is 1.87 bits per heavy atom. The summed E-state index contributed by atoms with van der Waals surface area (Å²) >= 11 is 0. The zero-order chi connectivity index (χ0) is 16.5. The van der Waals surface area contributed by atoms with Gasteiger partial charge in [0.05, 0.1) is 6.61 Å². The fourth-order valence-corrected chi connectivity index (χ4v) is 3.57. The molecule has 0 saturated heterocycles. The van der Waals surface area contributed by atoms with Crippen molar-refractivity contribution in [3.05, 3.63) is 35.9 Å². The van der Waals surface area contributed by atoms with Crippen LogP contribution < -0.4 is 4.74 Å². The van der Waals surface area contributed by atoms with Crippen LogP contribution in [0.25, 0.3) is 5.57 Å². The highest BCUT2D eigenvalue weighted by Crippen LogP contribution is 2.36. The molecular formula is C22H34O. The molecule has 0 saturated carbocycles. The van der Waals surface area contributed by atoms with Crippen molar-refractivity contribution < 1.29 is 4.74 Å². The van der Waals surface area contributed by atoms with E-state index in [-0.39, 0.29) is 0 Å². The standard InChI is InChI=1S/C22H34O/c1-4-6-7-8-18(3)19-9-11-20(12-10-19)21-13-15-22(16-14-21)23-17-5-2/h11,13-16,18-19H,4-10,12,17H2,1-3H3. The van der Waals surface area contributed by atoms with Gasteiger partial charge in [-0.15, -0.1) is 0 Å². The summed E-state index contributed by atoms with van der Waals surface area (Å²) in [6.45, 7) is 7.69. The number of hydrogen-bond donors (Lipinski definition) is 0. The highest BCUT2D eigenvalue weighted by molar-refractivity contribution is 5.66. The van der Waals surface area contributed by atoms with E-state index in [9.17, 15) is 0 Å². The number of ether oxygens (including phenoxy) is 1. The van der Waals surface area contributed by atoms with Gasteiger partial charge in [0.2, 0.25) is 0 Å². The minimum Gasteiger partial charge on any atom is -0.494 e. The molecule has 1 aromatic rings. The largest absolute Gasteiger partial charge is 0.494 e. The normalized spacial score (nSPS) is 19.3. The highest BCUT2D eigenvalue weighted by atomic mass is 16.5. The molecule has 1 heteroatoms. The maximum absolute atomic E-state index is 5.67. The van der Waals surface area contributed by atoms with Gasteiger partial charge in [-0.05, 0) is 60.8 Å². The first-order chi connectivity index (χ1) is 11.2. The molecule has 128 valence electrons. The van der Waals surface area contributed by atoms with Gasteiger partial charge < -0.3 is 4.74 Å². The first kappa shape index (κ1) is 18.1. The second-order valence-corrected chi connectivity index (χ2v) is 7.11. The van der Waals surface area contributed by atoms with Gasteiger partial charge in [-0.2, -0.15) is 0 Å². The van der Waals surface area contributed by atoms with Gasteiger partial charge in [0.25, 0.3) is 0 Å². The summed E-state index contributed by atoms with van der Waals surface area (Å²) in [5, 5.41) is 0. The average Bonchev–Trinajstić information content (AvgIpc) is 2.61. The molecule has 1 aliphatic rings. The van der Waals surface area contributed by atoms with E-state index in [1.54, 1.807) is 0 Å². The van der Waals surface area contributed by atoms with Crippen LogP contribution in [0.15, 0.2) is 30.3 Å². The fourth-order valence-electron chi connectivity index (χ4n) is 3.57. The predicted molar refractivity (Wildman–Crippen MR) is 101 cm³/mol. The van der Waals surface area contributed by atoms with Crippen LogP contribution in [0.2, 0.25) is 0 Å². The van der Waals surface area contributed by atoms with Crippen molar-refractivity contribution in [3.8, 4) is 5.75 Å². The van der Waals surface area contributed by atoms with Crippen molar-refractivity contribution >= 4 is 5.57 Å². The molecular weight excluding hydrogens is 280 g/mol. The predicted octanol–water partition coefficient (Wildman–Crippen LogP) is 6.88. The Labute approximate surface area is 143 Å². The van der Waals surface area contributed by atoms with E-state index in [1.807, 2.05) is 0 Å². The lowest BCUT2D eigenvalue weighted by molar-refractivity contribution is 0.308. The number of hydrogen-bond acceptors (Lipinski definition) is 1. The summed E-state index contributed by atoms with van der Waals surface area (Å²) in [5.74, 6) is 2.77. The SMILES string of the molecule is CCCCCC(C)C1CC=C(c2ccc(OCCC)cc2)CC1. The molecule has 1 aromatic carbocycles. The molecule has 2 atom stereocenters. The summed E-state index contributed by atoms with van der Waals surface area (Å²) in [4.78, 5) is 0. The molecule has 0 aliphatic heterocycles. The first-order valence-electron chi connectivity index (χ1n) is 9.66. The van der Waals surface area contributed by atoms with Gasteiger partial charge in [-0.25, -0.2) is 0 Å². The van der Waals surface area contributed by atoms with Crippen LogP contribution in [0.5, 0.6) is 5.75 Å². The Morgan fingerprint density at radius 1 is 1.09 bits per heavy atom. The van der Waals surface area contributed by atoms with E-state index >= 15 is 0 Å². The Balaban J connectivity index is 1.86. The number of allylic oxidation sites excluding steroid dienone is 2. The van der Waals surface area contributed by atoms with Gasteiger partial charge in [-0.1, -0.05) is 64.7 Å². The molecule has 0 bridgehead atoms. The maximum Gasteiger partial charge on any atom is 0.119 e. The summed E-state index contributed by atoms with van der Waals surface area (Å²) in [6, 6.07) is 8.68. The van der Waals surface area contributed by atoms with Crippen LogP contribution in [-0.2, 0) is 0 Å². The first-order valence-corrected chi connectivity index (χ1v) is 9.66. The lowest BCUT2D eigenvalue weighted by Gasteiger charge is -2.27. The molecule has 0 spiro atoms. The van der Waals surface area contributed by atoms with Gasteiger partial charge in [0, 0.05) is 0 Å². The van der Waals surface area contributed by atoms with Crippen molar-refractivity contribution in [1.29, 1.82) is 0 Å². The monoisotopic (exact) mass is 314 g/mol. The Kier molecular flexibility index (Phi) is 7.71. The zero-order valence-corrected chi connectivity index (χ0v) is 15.3. The Bertz CT molecular complexity index is 471. The van der Waals surface area contributed by atoms with Gasteiger partial charge in [0.1, 0.15) is 5.75 Å². The van der Waals surface area contributed by atoms with Gasteiger partial charge in [0.15, 0.2) is 0 Å². The van der Waals surface area contributed by atoms with E-state index in [2.05, 4.69) is 51.1 Å². The van der Waals surface area contributed by atoms with Gasteiger partial charge >= 0.3 is 0 Å². The molecule has 2 unspecified atom stereocenters. The van der Waals surface area contributed by atoms with Gasteiger partial charge in [-0.3, -0.25) is 0 Å². The van der Waals surface area contributed by atoms with Crippen molar-refractivity contribution in [1.82, 2.24) is 0 Å². The fraction of sp³-hybridized carbons (Fsp3) is 0.636. The molecule has 2 rings (SSSR count). The third-order valence-electron chi connectivity index (χ3n) is 5.22. The van der Waals surface area contributed by atoms with E-state index in [0.717, 1.165) is 30.6 Å². The Hall–Kier alpha value is -1.24. The lowest BCUT2D eigenvalue weighted by atomic mass is 9.78. The number of benzene rings is 1. The van der Waals surface area contributed by atoms with Crippen molar-refractivity contribution in [2.24, 2.45) is 11.8 Å². The molecule has 0 aromatic heterocycles. The summed E-state index contributed by atoms with van der Waals surface area (Å²) < 4.78 is 5.67. The minimum absolute atomic E-state index is 0.805. The van der Waals surface area contributed by atoms with Crippen LogP contribution >= 0.6 is 0 Å². The van der Waals surface area contributed by atoms with Crippen molar-refractivity contribution in [2.45, 2.75) is 72.1 Å². The summed E-state index contributed by atoms with van der Waals surface area (Å²) in [7, 11) is 0. The molecule has 0 N–H and O–H groups in total. The molecule has 0 amide bonds. The summed E-state index contributed by atoms with van der Waals surface area (Å²) in [5.41, 5.74) is 2.91. The van der Waals surface area contributed by atoms with Crippen molar-refractivity contribution in [3.63, 3.8) is 0 Å². The van der Waals surface area contributed by atoms with E-state index in [0.29, 0.717) is 0 Å². The second kappa shape index (κ2) is 9.80. The second-order valence-electron chi connectivity index (χ2n) is 7.11. The molecule has 1 nitrogen and oxygen atoms in total. The minimum atomic E-state index is 0.805. The van der Waals surface area contributed by atoms with E-state index in [4.69, 9.17) is 4.74 Å². The molecule has 0 radical (unpaired) electrons. The van der Waals surface area contributed by atoms with Crippen LogP contribution in [0.4, 0.5) is 0 Å².